The number of hydrogen-bond acceptors (Lipinski definition) is 2. The third kappa shape index (κ3) is 3.69. The summed E-state index contributed by atoms with van der Waals surface area (Å²) >= 11 is 0. The monoisotopic (exact) mass is 264 g/mol. The molecule has 2 atom stereocenters. The zero-order valence-electron chi connectivity index (χ0n) is 12.0. The lowest BCUT2D eigenvalue weighted by Gasteiger charge is -2.22. The fourth-order valence-corrected chi connectivity index (χ4v) is 2.30. The van der Waals surface area contributed by atoms with Crippen molar-refractivity contribution >= 4 is 0 Å². The molecule has 2 rings (SSSR count). The zero-order valence-corrected chi connectivity index (χ0v) is 12.0. The van der Waals surface area contributed by atoms with Gasteiger partial charge in [-0.15, -0.1) is 0 Å². The fourth-order valence-electron chi connectivity index (χ4n) is 2.30. The van der Waals surface area contributed by atoms with Crippen molar-refractivity contribution in [1.29, 1.82) is 5.26 Å². The Hall–Kier alpha value is -2.11. The van der Waals surface area contributed by atoms with Crippen LogP contribution in [-0.4, -0.2) is 0 Å². The quantitative estimate of drug-likeness (QED) is 0.874. The van der Waals surface area contributed by atoms with Crippen LogP contribution in [-0.2, 0) is 0 Å². The molecule has 20 heavy (non-hydrogen) atoms. The van der Waals surface area contributed by atoms with Crippen LogP contribution in [0.25, 0.3) is 0 Å². The lowest BCUT2D eigenvalue weighted by Crippen LogP contribution is -2.24. The molecule has 0 saturated carbocycles. The Bertz CT molecular complexity index is 567. The van der Waals surface area contributed by atoms with Crippen molar-refractivity contribution in [2.45, 2.75) is 32.4 Å². The van der Waals surface area contributed by atoms with Crippen LogP contribution in [0.4, 0.5) is 0 Å². The normalized spacial score (nSPS) is 13.4. The average molecular weight is 264 g/mol. The highest BCUT2D eigenvalue weighted by Gasteiger charge is 2.14. The van der Waals surface area contributed by atoms with Crippen LogP contribution >= 0.6 is 0 Å². The molecule has 0 heterocycles. The Morgan fingerprint density at radius 1 is 1.00 bits per heavy atom. The molecular formula is C18H20N2. The van der Waals surface area contributed by atoms with E-state index in [0.29, 0.717) is 6.42 Å². The zero-order chi connectivity index (χ0) is 14.4. The Kier molecular flexibility index (Phi) is 4.92. The van der Waals surface area contributed by atoms with E-state index in [1.165, 1.54) is 11.1 Å². The van der Waals surface area contributed by atoms with Gasteiger partial charge in [-0.1, -0.05) is 60.2 Å². The van der Waals surface area contributed by atoms with E-state index in [4.69, 9.17) is 5.26 Å². The van der Waals surface area contributed by atoms with Crippen LogP contribution in [0.2, 0.25) is 0 Å². The molecule has 0 radical (unpaired) electrons. The van der Waals surface area contributed by atoms with Crippen molar-refractivity contribution < 1.29 is 0 Å². The van der Waals surface area contributed by atoms with Crippen molar-refractivity contribution in [2.24, 2.45) is 0 Å². The van der Waals surface area contributed by atoms with E-state index in [1.807, 2.05) is 18.2 Å². The minimum atomic E-state index is 0.0671. The number of benzene rings is 2. The Morgan fingerprint density at radius 2 is 1.65 bits per heavy atom. The first-order valence-corrected chi connectivity index (χ1v) is 6.95. The third-order valence-electron chi connectivity index (χ3n) is 3.53. The highest BCUT2D eigenvalue weighted by atomic mass is 14.9. The van der Waals surface area contributed by atoms with E-state index in [0.717, 1.165) is 5.56 Å². The lowest BCUT2D eigenvalue weighted by atomic mass is 10.0. The molecule has 0 aliphatic carbocycles. The molecule has 1 unspecified atom stereocenters. The van der Waals surface area contributed by atoms with Crippen molar-refractivity contribution in [3.8, 4) is 6.07 Å². The third-order valence-corrected chi connectivity index (χ3v) is 3.53. The molecule has 102 valence electrons. The molecule has 2 nitrogen and oxygen atoms in total. The fraction of sp³-hybridized carbons (Fsp3) is 0.278. The Balaban J connectivity index is 2.12. The molecule has 0 aliphatic heterocycles. The maximum atomic E-state index is 9.03. The Morgan fingerprint density at radius 3 is 2.25 bits per heavy atom. The van der Waals surface area contributed by atoms with Gasteiger partial charge in [-0.05, 0) is 25.0 Å². The minimum Gasteiger partial charge on any atom is -0.302 e. The van der Waals surface area contributed by atoms with Gasteiger partial charge in [0.25, 0.3) is 0 Å². The number of aryl methyl sites for hydroxylation is 1. The topological polar surface area (TPSA) is 35.8 Å². The summed E-state index contributed by atoms with van der Waals surface area (Å²) in [7, 11) is 0. The van der Waals surface area contributed by atoms with Gasteiger partial charge in [0.05, 0.1) is 12.5 Å². The SMILES string of the molecule is Cc1ccc([C@H](C)NC(CC#N)c2ccccc2)cc1. The van der Waals surface area contributed by atoms with Gasteiger partial charge in [0, 0.05) is 12.1 Å². The van der Waals surface area contributed by atoms with E-state index in [-0.39, 0.29) is 12.1 Å². The van der Waals surface area contributed by atoms with Gasteiger partial charge in [0.2, 0.25) is 0 Å². The van der Waals surface area contributed by atoms with E-state index in [9.17, 15) is 0 Å². The van der Waals surface area contributed by atoms with E-state index in [2.05, 4.69) is 61.6 Å². The predicted octanol–water partition coefficient (Wildman–Crippen LogP) is 4.30. The highest BCUT2D eigenvalue weighted by molar-refractivity contribution is 5.25. The first-order chi connectivity index (χ1) is 9.70. The minimum absolute atomic E-state index is 0.0671. The van der Waals surface area contributed by atoms with Crippen LogP contribution < -0.4 is 5.32 Å². The molecule has 2 heteroatoms. The van der Waals surface area contributed by atoms with E-state index >= 15 is 0 Å². The standard InChI is InChI=1S/C18H20N2/c1-14-8-10-16(11-9-14)15(2)20-18(12-13-19)17-6-4-3-5-7-17/h3-11,15,18,20H,12H2,1-2H3/t15-,18?/m0/s1. The molecule has 0 spiro atoms. The van der Waals surface area contributed by atoms with Gasteiger partial charge in [-0.2, -0.15) is 5.26 Å². The molecule has 2 aromatic rings. The summed E-state index contributed by atoms with van der Waals surface area (Å²) in [5.41, 5.74) is 3.67. The summed E-state index contributed by atoms with van der Waals surface area (Å²) in [5.74, 6) is 0. The Labute approximate surface area is 121 Å². The molecule has 2 aromatic carbocycles. The van der Waals surface area contributed by atoms with Gasteiger partial charge >= 0.3 is 0 Å². The largest absolute Gasteiger partial charge is 0.302 e. The summed E-state index contributed by atoms with van der Waals surface area (Å²) in [6, 6.07) is 21.2. The smallest absolute Gasteiger partial charge is 0.0641 e. The van der Waals surface area contributed by atoms with Crippen LogP contribution in [0.3, 0.4) is 0 Å². The lowest BCUT2D eigenvalue weighted by molar-refractivity contribution is 0.472. The molecule has 0 saturated heterocycles. The second kappa shape index (κ2) is 6.88. The number of nitrogens with one attached hydrogen (secondary N) is 1. The van der Waals surface area contributed by atoms with Crippen LogP contribution in [0.5, 0.6) is 0 Å². The average Bonchev–Trinajstić information content (AvgIpc) is 2.48. The molecular weight excluding hydrogens is 244 g/mol. The van der Waals surface area contributed by atoms with Crippen molar-refractivity contribution in [3.63, 3.8) is 0 Å². The highest BCUT2D eigenvalue weighted by Crippen LogP contribution is 2.22. The summed E-state index contributed by atoms with van der Waals surface area (Å²) in [6.45, 7) is 4.22. The van der Waals surface area contributed by atoms with Crippen molar-refractivity contribution in [1.82, 2.24) is 5.32 Å². The van der Waals surface area contributed by atoms with Gasteiger partial charge in [0.15, 0.2) is 0 Å². The van der Waals surface area contributed by atoms with E-state index < -0.39 is 0 Å². The van der Waals surface area contributed by atoms with Gasteiger partial charge in [-0.25, -0.2) is 0 Å². The second-order valence-electron chi connectivity index (χ2n) is 5.12. The first-order valence-electron chi connectivity index (χ1n) is 6.95. The number of nitriles is 1. The maximum absolute atomic E-state index is 9.03. The number of hydrogen-bond donors (Lipinski definition) is 1. The van der Waals surface area contributed by atoms with Crippen molar-refractivity contribution in [2.75, 3.05) is 0 Å². The molecule has 0 amide bonds. The summed E-state index contributed by atoms with van der Waals surface area (Å²) in [4.78, 5) is 0. The molecule has 1 N–H and O–H groups in total. The molecule has 0 fully saturated rings. The summed E-state index contributed by atoms with van der Waals surface area (Å²) < 4.78 is 0. The van der Waals surface area contributed by atoms with E-state index in [1.54, 1.807) is 0 Å². The van der Waals surface area contributed by atoms with Gasteiger partial charge in [-0.3, -0.25) is 0 Å². The second-order valence-corrected chi connectivity index (χ2v) is 5.12. The van der Waals surface area contributed by atoms with Crippen LogP contribution in [0, 0.1) is 18.3 Å². The summed E-state index contributed by atoms with van der Waals surface area (Å²) in [6.07, 6.45) is 0.472. The molecule has 0 bridgehead atoms. The number of rotatable bonds is 5. The van der Waals surface area contributed by atoms with Crippen LogP contribution in [0.1, 0.15) is 42.1 Å². The number of nitrogens with zero attached hydrogens (tertiary/aromatic N) is 1. The van der Waals surface area contributed by atoms with Gasteiger partial charge in [0.1, 0.15) is 0 Å². The maximum Gasteiger partial charge on any atom is 0.0641 e. The van der Waals surface area contributed by atoms with Crippen molar-refractivity contribution in [3.05, 3.63) is 71.3 Å². The molecule has 0 aromatic heterocycles. The summed E-state index contributed by atoms with van der Waals surface area (Å²) in [5, 5.41) is 12.6. The predicted molar refractivity (Wildman–Crippen MR) is 82.1 cm³/mol. The molecule has 0 aliphatic rings. The first kappa shape index (κ1) is 14.3. The van der Waals surface area contributed by atoms with Gasteiger partial charge < -0.3 is 5.32 Å². The van der Waals surface area contributed by atoms with Crippen LogP contribution in [0.15, 0.2) is 54.6 Å².